The van der Waals surface area contributed by atoms with Crippen LogP contribution in [-0.2, 0) is 16.1 Å². The number of rotatable bonds is 8. The molecule has 3 aromatic carbocycles. The predicted molar refractivity (Wildman–Crippen MR) is 139 cm³/mol. The normalized spacial score (nSPS) is 14.1. The van der Waals surface area contributed by atoms with Crippen molar-refractivity contribution < 1.29 is 28.2 Å². The molecular formula is C27H23BrFN3O5. The number of benzene rings is 3. The highest BCUT2D eigenvalue weighted by molar-refractivity contribution is 9.10. The minimum Gasteiger partial charge on any atom is -0.493 e. The van der Waals surface area contributed by atoms with Gasteiger partial charge in [0.15, 0.2) is 18.1 Å². The minimum atomic E-state index is -0.507. The number of nitrogens with zero attached hydrogens (tertiary/aromatic N) is 1. The number of hydrogen-bond donors (Lipinski definition) is 2. The smallest absolute Gasteiger partial charge is 0.329 e. The van der Waals surface area contributed by atoms with Crippen LogP contribution in [0.15, 0.2) is 70.8 Å². The molecule has 8 nitrogen and oxygen atoms in total. The Morgan fingerprint density at radius 1 is 1.11 bits per heavy atom. The van der Waals surface area contributed by atoms with Crippen LogP contribution in [0.5, 0.6) is 11.5 Å². The van der Waals surface area contributed by atoms with Crippen molar-refractivity contribution in [3.63, 3.8) is 0 Å². The number of aryl methyl sites for hydroxylation is 1. The van der Waals surface area contributed by atoms with Crippen molar-refractivity contribution >= 4 is 45.5 Å². The first-order valence-corrected chi connectivity index (χ1v) is 12.0. The molecule has 1 heterocycles. The lowest BCUT2D eigenvalue weighted by Gasteiger charge is -2.13. The Kier molecular flexibility index (Phi) is 7.88. The lowest BCUT2D eigenvalue weighted by atomic mass is 10.1. The Labute approximate surface area is 221 Å². The van der Waals surface area contributed by atoms with E-state index in [0.717, 1.165) is 16.0 Å². The number of methoxy groups -OCH3 is 1. The minimum absolute atomic E-state index is 0.118. The molecule has 10 heteroatoms. The first-order chi connectivity index (χ1) is 17.7. The van der Waals surface area contributed by atoms with Gasteiger partial charge in [0, 0.05) is 10.2 Å². The third-order valence-corrected chi connectivity index (χ3v) is 6.14. The summed E-state index contributed by atoms with van der Waals surface area (Å²) in [5.74, 6) is -0.692. The first-order valence-electron chi connectivity index (χ1n) is 11.2. The highest BCUT2D eigenvalue weighted by atomic mass is 79.9. The second-order valence-electron chi connectivity index (χ2n) is 8.24. The summed E-state index contributed by atoms with van der Waals surface area (Å²) in [5.41, 5.74) is 2.99. The van der Waals surface area contributed by atoms with Crippen molar-refractivity contribution in [2.24, 2.45) is 0 Å². The molecule has 2 N–H and O–H groups in total. The van der Waals surface area contributed by atoms with E-state index in [4.69, 9.17) is 9.47 Å². The topological polar surface area (TPSA) is 97.0 Å². The molecule has 190 valence electrons. The second kappa shape index (κ2) is 11.3. The summed E-state index contributed by atoms with van der Waals surface area (Å²) in [4.78, 5) is 38.8. The number of nitrogens with one attached hydrogen (secondary N) is 2. The fourth-order valence-electron chi connectivity index (χ4n) is 3.67. The van der Waals surface area contributed by atoms with Gasteiger partial charge in [0.1, 0.15) is 11.5 Å². The standard InChI is InChI=1S/C27H23BrFN3O5/c1-16-4-3-5-17(10-16)14-32-26(34)22(31-27(32)35)11-18-12-23(36-2)24(13-21(18)28)37-15-25(33)30-20-8-6-19(29)7-9-20/h3-13H,14-15H2,1-2H3,(H,30,33)(H,31,35)/b22-11+. The van der Waals surface area contributed by atoms with Crippen molar-refractivity contribution in [1.82, 2.24) is 10.2 Å². The summed E-state index contributed by atoms with van der Waals surface area (Å²) in [6.07, 6.45) is 1.54. The molecule has 0 aromatic heterocycles. The Morgan fingerprint density at radius 3 is 2.57 bits per heavy atom. The third-order valence-electron chi connectivity index (χ3n) is 5.46. The molecule has 0 unspecified atom stereocenters. The van der Waals surface area contributed by atoms with Gasteiger partial charge in [-0.05, 0) is 60.5 Å². The van der Waals surface area contributed by atoms with Crippen LogP contribution in [0.2, 0.25) is 0 Å². The third kappa shape index (κ3) is 6.34. The number of carbonyl (C=O) groups excluding carboxylic acids is 3. The van der Waals surface area contributed by atoms with E-state index < -0.39 is 23.7 Å². The number of carbonyl (C=O) groups is 3. The Balaban J connectivity index is 1.46. The zero-order valence-electron chi connectivity index (χ0n) is 20.0. The molecule has 0 bridgehead atoms. The molecule has 0 spiro atoms. The molecule has 0 atom stereocenters. The maximum atomic E-state index is 13.0. The average Bonchev–Trinajstić information content (AvgIpc) is 3.12. The molecule has 1 fully saturated rings. The Hall–Kier alpha value is -4.18. The summed E-state index contributed by atoms with van der Waals surface area (Å²) in [7, 11) is 1.44. The molecule has 0 aliphatic carbocycles. The van der Waals surface area contributed by atoms with E-state index in [1.807, 2.05) is 31.2 Å². The van der Waals surface area contributed by atoms with Crippen molar-refractivity contribution in [2.45, 2.75) is 13.5 Å². The summed E-state index contributed by atoms with van der Waals surface area (Å²) in [6, 6.07) is 15.7. The van der Waals surface area contributed by atoms with E-state index in [9.17, 15) is 18.8 Å². The number of imide groups is 1. The van der Waals surface area contributed by atoms with E-state index in [1.54, 1.807) is 12.1 Å². The fraction of sp³-hybridized carbons (Fsp3) is 0.148. The van der Waals surface area contributed by atoms with Crippen LogP contribution in [0.1, 0.15) is 16.7 Å². The van der Waals surface area contributed by atoms with Gasteiger partial charge in [-0.15, -0.1) is 0 Å². The molecule has 1 aliphatic rings. The van der Waals surface area contributed by atoms with E-state index >= 15 is 0 Å². The Morgan fingerprint density at radius 2 is 1.86 bits per heavy atom. The van der Waals surface area contributed by atoms with E-state index in [2.05, 4.69) is 26.6 Å². The van der Waals surface area contributed by atoms with Crippen LogP contribution in [0.4, 0.5) is 14.9 Å². The zero-order valence-corrected chi connectivity index (χ0v) is 21.6. The number of halogens is 2. The van der Waals surface area contributed by atoms with Crippen molar-refractivity contribution in [1.29, 1.82) is 0 Å². The van der Waals surface area contributed by atoms with Gasteiger partial charge in [0.2, 0.25) is 0 Å². The predicted octanol–water partition coefficient (Wildman–Crippen LogP) is 5.02. The van der Waals surface area contributed by atoms with E-state index in [0.29, 0.717) is 21.5 Å². The van der Waals surface area contributed by atoms with Gasteiger partial charge in [-0.2, -0.15) is 0 Å². The van der Waals surface area contributed by atoms with E-state index in [1.165, 1.54) is 37.5 Å². The monoisotopic (exact) mass is 567 g/mol. The largest absolute Gasteiger partial charge is 0.493 e. The molecule has 0 saturated carbocycles. The molecule has 1 saturated heterocycles. The van der Waals surface area contributed by atoms with Crippen LogP contribution >= 0.6 is 15.9 Å². The molecular weight excluding hydrogens is 545 g/mol. The second-order valence-corrected chi connectivity index (χ2v) is 9.09. The van der Waals surface area contributed by atoms with Crippen LogP contribution in [-0.4, -0.2) is 36.5 Å². The number of anilines is 1. The van der Waals surface area contributed by atoms with E-state index in [-0.39, 0.29) is 24.6 Å². The highest BCUT2D eigenvalue weighted by Gasteiger charge is 2.33. The molecule has 4 amide bonds. The van der Waals surface area contributed by atoms with Gasteiger partial charge in [-0.3, -0.25) is 14.5 Å². The quantitative estimate of drug-likeness (QED) is 0.294. The van der Waals surface area contributed by atoms with Crippen molar-refractivity contribution in [2.75, 3.05) is 19.0 Å². The number of amides is 4. The van der Waals surface area contributed by atoms with Gasteiger partial charge in [0.05, 0.1) is 13.7 Å². The van der Waals surface area contributed by atoms with Crippen LogP contribution in [0.3, 0.4) is 0 Å². The summed E-state index contributed by atoms with van der Waals surface area (Å²) in [6.45, 7) is 1.78. The maximum Gasteiger partial charge on any atom is 0.329 e. The molecule has 3 aromatic rings. The first kappa shape index (κ1) is 25.9. The SMILES string of the molecule is COc1cc(/C=C2/NC(=O)N(Cc3cccc(C)c3)C2=O)c(Br)cc1OCC(=O)Nc1ccc(F)cc1. The van der Waals surface area contributed by atoms with Crippen LogP contribution in [0, 0.1) is 12.7 Å². The number of urea groups is 1. The molecule has 0 radical (unpaired) electrons. The number of hydrogen-bond acceptors (Lipinski definition) is 5. The average molecular weight is 568 g/mol. The maximum absolute atomic E-state index is 13.0. The highest BCUT2D eigenvalue weighted by Crippen LogP contribution is 2.35. The lowest BCUT2D eigenvalue weighted by Crippen LogP contribution is -2.30. The van der Waals surface area contributed by atoms with Crippen molar-refractivity contribution in [3.05, 3.63) is 93.3 Å². The van der Waals surface area contributed by atoms with Crippen LogP contribution < -0.4 is 20.1 Å². The van der Waals surface area contributed by atoms with Gasteiger partial charge in [0.25, 0.3) is 11.8 Å². The van der Waals surface area contributed by atoms with Gasteiger partial charge < -0.3 is 20.1 Å². The van der Waals surface area contributed by atoms with Crippen molar-refractivity contribution in [3.8, 4) is 11.5 Å². The fourth-order valence-corrected chi connectivity index (χ4v) is 4.11. The summed E-state index contributed by atoms with van der Waals surface area (Å²) in [5, 5.41) is 5.22. The summed E-state index contributed by atoms with van der Waals surface area (Å²) >= 11 is 3.44. The Bertz CT molecular complexity index is 1390. The van der Waals surface area contributed by atoms with Crippen LogP contribution in [0.25, 0.3) is 6.08 Å². The molecule has 37 heavy (non-hydrogen) atoms. The van der Waals surface area contributed by atoms with Gasteiger partial charge >= 0.3 is 6.03 Å². The van der Waals surface area contributed by atoms with Gasteiger partial charge in [-0.1, -0.05) is 45.8 Å². The summed E-state index contributed by atoms with van der Waals surface area (Å²) < 4.78 is 24.6. The lowest BCUT2D eigenvalue weighted by molar-refractivity contribution is -0.123. The molecule has 1 aliphatic heterocycles. The molecule has 4 rings (SSSR count). The number of ether oxygens (including phenoxy) is 2. The van der Waals surface area contributed by atoms with Gasteiger partial charge in [-0.25, -0.2) is 9.18 Å². The zero-order chi connectivity index (χ0) is 26.5.